The minimum absolute atomic E-state index is 0.0813. The van der Waals surface area contributed by atoms with E-state index in [1.165, 1.54) is 10.3 Å². The van der Waals surface area contributed by atoms with Gasteiger partial charge in [0, 0.05) is 5.69 Å². The lowest BCUT2D eigenvalue weighted by Gasteiger charge is -2.14. The summed E-state index contributed by atoms with van der Waals surface area (Å²) in [5.74, 6) is -0.265. The Morgan fingerprint density at radius 2 is 1.48 bits per heavy atom. The van der Waals surface area contributed by atoms with E-state index in [0.29, 0.717) is 0 Å². The van der Waals surface area contributed by atoms with Gasteiger partial charge in [0.2, 0.25) is 5.91 Å². The Labute approximate surface area is 121 Å². The third-order valence-electron chi connectivity index (χ3n) is 3.79. The predicted octanol–water partition coefficient (Wildman–Crippen LogP) is 3.05. The zero-order valence-corrected chi connectivity index (χ0v) is 11.2. The van der Waals surface area contributed by atoms with Gasteiger partial charge in [-0.3, -0.25) is 15.0 Å². The summed E-state index contributed by atoms with van der Waals surface area (Å²) in [6, 6.07) is 17.8. The lowest BCUT2D eigenvalue weighted by molar-refractivity contribution is -0.117. The van der Waals surface area contributed by atoms with Crippen LogP contribution < -0.4 is 10.2 Å². The summed E-state index contributed by atoms with van der Waals surface area (Å²) in [7, 11) is 0. The number of urea groups is 1. The number of anilines is 1. The first-order chi connectivity index (χ1) is 10.2. The number of nitrogens with one attached hydrogen (secondary N) is 1. The van der Waals surface area contributed by atoms with Gasteiger partial charge in [0.25, 0.3) is 0 Å². The molecule has 0 aliphatic carbocycles. The van der Waals surface area contributed by atoms with Gasteiger partial charge in [-0.15, -0.1) is 0 Å². The summed E-state index contributed by atoms with van der Waals surface area (Å²) in [6.45, 7) is 0.0813. The van der Waals surface area contributed by atoms with Crippen LogP contribution >= 0.6 is 0 Å². The van der Waals surface area contributed by atoms with Crippen LogP contribution in [0.3, 0.4) is 0 Å². The van der Waals surface area contributed by atoms with Crippen LogP contribution in [-0.2, 0) is 4.79 Å². The number of imide groups is 1. The number of hydrogen-bond donors (Lipinski definition) is 1. The molecule has 1 N–H and O–H groups in total. The SMILES string of the molecule is O=C1CN(c2ccc3cc4ccccc4cc3c2)C(=O)N1. The third-order valence-corrected chi connectivity index (χ3v) is 3.79. The van der Waals surface area contributed by atoms with Crippen molar-refractivity contribution in [1.82, 2.24) is 5.32 Å². The van der Waals surface area contributed by atoms with Crippen LogP contribution in [0.15, 0.2) is 54.6 Å². The van der Waals surface area contributed by atoms with Crippen molar-refractivity contribution >= 4 is 39.2 Å². The van der Waals surface area contributed by atoms with Crippen LogP contribution in [0.1, 0.15) is 0 Å². The van der Waals surface area contributed by atoms with Crippen molar-refractivity contribution in [2.75, 3.05) is 11.4 Å². The van der Waals surface area contributed by atoms with E-state index >= 15 is 0 Å². The third kappa shape index (κ3) is 1.92. The topological polar surface area (TPSA) is 49.4 Å². The number of carbonyl (C=O) groups excluding carboxylic acids is 2. The largest absolute Gasteiger partial charge is 0.329 e. The van der Waals surface area contributed by atoms with Crippen LogP contribution in [0.25, 0.3) is 21.5 Å². The average Bonchev–Trinajstić information content (AvgIpc) is 2.83. The maximum atomic E-state index is 11.7. The van der Waals surface area contributed by atoms with Gasteiger partial charge in [0.1, 0.15) is 6.54 Å². The number of rotatable bonds is 1. The summed E-state index contributed by atoms with van der Waals surface area (Å²) in [5.41, 5.74) is 0.737. The van der Waals surface area contributed by atoms with Gasteiger partial charge in [0.05, 0.1) is 0 Å². The molecule has 102 valence electrons. The highest BCUT2D eigenvalue weighted by Gasteiger charge is 2.27. The molecule has 4 heteroatoms. The number of hydrogen-bond acceptors (Lipinski definition) is 2. The molecule has 3 amide bonds. The molecule has 1 saturated heterocycles. The van der Waals surface area contributed by atoms with Crippen molar-refractivity contribution in [3.05, 3.63) is 54.6 Å². The Kier molecular flexibility index (Phi) is 2.44. The predicted molar refractivity (Wildman–Crippen MR) is 82.3 cm³/mol. The van der Waals surface area contributed by atoms with Crippen molar-refractivity contribution in [1.29, 1.82) is 0 Å². The van der Waals surface area contributed by atoms with Crippen molar-refractivity contribution in [3.8, 4) is 0 Å². The summed E-state index contributed by atoms with van der Waals surface area (Å²) in [4.78, 5) is 24.5. The minimum Gasteiger partial charge on any atom is -0.285 e. The van der Waals surface area contributed by atoms with Crippen molar-refractivity contribution in [2.24, 2.45) is 0 Å². The molecule has 1 aliphatic heterocycles. The molecular formula is C17H12N2O2. The highest BCUT2D eigenvalue weighted by atomic mass is 16.2. The zero-order chi connectivity index (χ0) is 14.4. The van der Waals surface area contributed by atoms with Gasteiger partial charge in [0.15, 0.2) is 0 Å². The van der Waals surface area contributed by atoms with E-state index in [1.807, 2.05) is 30.3 Å². The number of carbonyl (C=O) groups is 2. The van der Waals surface area contributed by atoms with Crippen LogP contribution in [0, 0.1) is 0 Å². The Balaban J connectivity index is 1.87. The standard InChI is InChI=1S/C17H12N2O2/c20-16-10-19(17(21)18-16)15-6-5-13-7-11-3-1-2-4-12(11)8-14(13)9-15/h1-9H,10H2,(H,18,20,21). The molecule has 0 radical (unpaired) electrons. The van der Waals surface area contributed by atoms with Gasteiger partial charge < -0.3 is 0 Å². The number of benzene rings is 3. The number of amides is 3. The second-order valence-electron chi connectivity index (χ2n) is 5.17. The van der Waals surface area contributed by atoms with Gasteiger partial charge in [-0.25, -0.2) is 4.79 Å². The lowest BCUT2D eigenvalue weighted by atomic mass is 10.0. The average molecular weight is 276 g/mol. The van der Waals surface area contributed by atoms with Gasteiger partial charge >= 0.3 is 6.03 Å². The molecule has 1 fully saturated rings. The Morgan fingerprint density at radius 3 is 2.14 bits per heavy atom. The van der Waals surface area contributed by atoms with E-state index in [0.717, 1.165) is 21.8 Å². The molecule has 4 rings (SSSR count). The molecule has 1 heterocycles. The van der Waals surface area contributed by atoms with E-state index in [-0.39, 0.29) is 18.5 Å². The molecule has 3 aromatic carbocycles. The van der Waals surface area contributed by atoms with Gasteiger partial charge in [-0.1, -0.05) is 30.3 Å². The summed E-state index contributed by atoms with van der Waals surface area (Å²) in [6.07, 6.45) is 0. The van der Waals surface area contributed by atoms with E-state index in [9.17, 15) is 9.59 Å². The van der Waals surface area contributed by atoms with Crippen LogP contribution in [0.5, 0.6) is 0 Å². The molecule has 1 aliphatic rings. The van der Waals surface area contributed by atoms with E-state index in [4.69, 9.17) is 0 Å². The summed E-state index contributed by atoms with van der Waals surface area (Å²) < 4.78 is 0. The maximum Gasteiger partial charge on any atom is 0.329 e. The smallest absolute Gasteiger partial charge is 0.285 e. The molecular weight excluding hydrogens is 264 g/mol. The lowest BCUT2D eigenvalue weighted by Crippen LogP contribution is -2.27. The monoisotopic (exact) mass is 276 g/mol. The highest BCUT2D eigenvalue weighted by molar-refractivity contribution is 6.13. The Morgan fingerprint density at radius 1 is 0.810 bits per heavy atom. The number of nitrogens with zero attached hydrogens (tertiary/aromatic N) is 1. The van der Waals surface area contributed by atoms with Crippen molar-refractivity contribution in [3.63, 3.8) is 0 Å². The first-order valence-electron chi connectivity index (χ1n) is 6.75. The summed E-state index contributed by atoms with van der Waals surface area (Å²) >= 11 is 0. The minimum atomic E-state index is -0.361. The fraction of sp³-hybridized carbons (Fsp3) is 0.0588. The van der Waals surface area contributed by atoms with Crippen LogP contribution in [0.2, 0.25) is 0 Å². The fourth-order valence-corrected chi connectivity index (χ4v) is 2.75. The normalized spacial score (nSPS) is 15.0. The maximum absolute atomic E-state index is 11.7. The van der Waals surface area contributed by atoms with Crippen molar-refractivity contribution in [2.45, 2.75) is 0 Å². The van der Waals surface area contributed by atoms with Crippen molar-refractivity contribution < 1.29 is 9.59 Å². The summed E-state index contributed by atoms with van der Waals surface area (Å²) in [5, 5.41) is 6.80. The van der Waals surface area contributed by atoms with E-state index < -0.39 is 0 Å². The van der Waals surface area contributed by atoms with E-state index in [2.05, 4.69) is 29.6 Å². The molecule has 21 heavy (non-hydrogen) atoms. The molecule has 0 unspecified atom stereocenters. The Bertz CT molecular complexity index is 902. The first-order valence-corrected chi connectivity index (χ1v) is 6.75. The fourth-order valence-electron chi connectivity index (χ4n) is 2.75. The second kappa shape index (κ2) is 4.31. The zero-order valence-electron chi connectivity index (χ0n) is 11.2. The molecule has 0 aromatic heterocycles. The van der Waals surface area contributed by atoms with Crippen LogP contribution in [-0.4, -0.2) is 18.5 Å². The molecule has 3 aromatic rings. The van der Waals surface area contributed by atoms with Crippen LogP contribution in [0.4, 0.5) is 10.5 Å². The van der Waals surface area contributed by atoms with Gasteiger partial charge in [-0.2, -0.15) is 0 Å². The molecule has 4 nitrogen and oxygen atoms in total. The molecule has 0 spiro atoms. The van der Waals surface area contributed by atoms with E-state index in [1.54, 1.807) is 0 Å². The molecule has 0 saturated carbocycles. The quantitative estimate of drug-likeness (QED) is 0.548. The first kappa shape index (κ1) is 11.9. The highest BCUT2D eigenvalue weighted by Crippen LogP contribution is 2.27. The van der Waals surface area contributed by atoms with Gasteiger partial charge in [-0.05, 0) is 45.8 Å². The molecule has 0 bridgehead atoms. The second-order valence-corrected chi connectivity index (χ2v) is 5.17. The number of fused-ring (bicyclic) bond motifs is 2. The Hall–Kier alpha value is -2.88. The molecule has 0 atom stereocenters.